The first kappa shape index (κ1) is 20.4. The Morgan fingerprint density at radius 2 is 1.97 bits per heavy atom. The Morgan fingerprint density at radius 1 is 1.15 bits per heavy atom. The fourth-order valence-corrected chi connectivity index (χ4v) is 4.97. The lowest BCUT2D eigenvalue weighted by molar-refractivity contribution is -0.0660. The molecular formula is C24H29N7O2. The molecule has 0 unspecified atom stereocenters. The number of ether oxygens (including phenoxy) is 2. The molecule has 6 rings (SSSR count). The van der Waals surface area contributed by atoms with E-state index in [1.807, 2.05) is 12.3 Å². The predicted octanol–water partition coefficient (Wildman–Crippen LogP) is 2.93. The average Bonchev–Trinajstić information content (AvgIpc) is 3.41. The smallest absolute Gasteiger partial charge is 0.197 e. The minimum atomic E-state index is 0.296. The Labute approximate surface area is 192 Å². The number of hydrogen-bond acceptors (Lipinski definition) is 7. The Balaban J connectivity index is 1.38. The van der Waals surface area contributed by atoms with Crippen LogP contribution in [0.2, 0.25) is 0 Å². The Bertz CT molecular complexity index is 1300. The van der Waals surface area contributed by atoms with Crippen LogP contribution in [0.3, 0.4) is 0 Å². The maximum atomic E-state index is 5.59. The highest BCUT2D eigenvalue weighted by Crippen LogP contribution is 2.37. The minimum Gasteiger partial charge on any atom is -0.493 e. The van der Waals surface area contributed by atoms with Gasteiger partial charge in [-0.15, -0.1) is 0 Å². The highest BCUT2D eigenvalue weighted by atomic mass is 16.5. The number of aromatic amines is 1. The summed E-state index contributed by atoms with van der Waals surface area (Å²) in [4.78, 5) is 18.0. The van der Waals surface area contributed by atoms with E-state index in [4.69, 9.17) is 14.5 Å². The summed E-state index contributed by atoms with van der Waals surface area (Å²) < 4.78 is 12.7. The van der Waals surface area contributed by atoms with E-state index in [1.54, 1.807) is 18.0 Å². The van der Waals surface area contributed by atoms with Crippen molar-refractivity contribution < 1.29 is 9.47 Å². The number of H-pyrrole nitrogens is 1. The number of nitrogens with zero attached hydrogens (tertiary/aromatic N) is 6. The van der Waals surface area contributed by atoms with E-state index in [9.17, 15) is 0 Å². The van der Waals surface area contributed by atoms with Gasteiger partial charge in [0.15, 0.2) is 11.4 Å². The third-order valence-corrected chi connectivity index (χ3v) is 6.87. The van der Waals surface area contributed by atoms with Crippen LogP contribution in [-0.4, -0.2) is 82.0 Å². The number of pyridine rings is 2. The quantitative estimate of drug-likeness (QED) is 0.504. The molecule has 2 saturated heterocycles. The fraction of sp³-hybridized carbons (Fsp3) is 0.458. The zero-order valence-electron chi connectivity index (χ0n) is 19.3. The average molecular weight is 448 g/mol. The minimum absolute atomic E-state index is 0.296. The second kappa shape index (κ2) is 8.00. The molecule has 0 spiro atoms. The molecule has 0 aromatic carbocycles. The molecule has 2 aliphatic heterocycles. The van der Waals surface area contributed by atoms with Gasteiger partial charge >= 0.3 is 0 Å². The summed E-state index contributed by atoms with van der Waals surface area (Å²) in [5.74, 6) is 2.04. The summed E-state index contributed by atoms with van der Waals surface area (Å²) in [5, 5.41) is 4.32. The van der Waals surface area contributed by atoms with Crippen LogP contribution >= 0.6 is 0 Å². The van der Waals surface area contributed by atoms with Gasteiger partial charge < -0.3 is 19.4 Å². The van der Waals surface area contributed by atoms with E-state index in [0.717, 1.165) is 67.5 Å². The number of nitrogens with one attached hydrogen (secondary N) is 1. The van der Waals surface area contributed by atoms with Gasteiger partial charge in [-0.2, -0.15) is 5.10 Å². The highest BCUT2D eigenvalue weighted by molar-refractivity contribution is 5.90. The third kappa shape index (κ3) is 3.43. The number of piperazine rings is 1. The second-order valence-electron chi connectivity index (χ2n) is 9.17. The van der Waals surface area contributed by atoms with Crippen LogP contribution in [0.1, 0.15) is 25.3 Å². The fourth-order valence-electron chi connectivity index (χ4n) is 4.97. The lowest BCUT2D eigenvalue weighted by Crippen LogP contribution is -2.56. The van der Waals surface area contributed by atoms with Crippen molar-refractivity contribution in [1.82, 2.24) is 29.5 Å². The van der Waals surface area contributed by atoms with Crippen LogP contribution in [0.15, 0.2) is 30.7 Å². The molecule has 6 heterocycles. The molecule has 4 aromatic rings. The van der Waals surface area contributed by atoms with Crippen molar-refractivity contribution in [3.63, 3.8) is 0 Å². The zero-order valence-corrected chi connectivity index (χ0v) is 19.3. The first-order valence-corrected chi connectivity index (χ1v) is 11.6. The molecule has 4 aromatic heterocycles. The maximum absolute atomic E-state index is 5.59. The number of hydrogen-bond donors (Lipinski definition) is 1. The first-order valence-electron chi connectivity index (χ1n) is 11.6. The SMILES string of the molecule is COc1cc(-c2[nH]c3ccc(N4CCN(C5COC5)CC4)nc3c2C(C)C)cn2ncnc12. The molecule has 0 bridgehead atoms. The lowest BCUT2D eigenvalue weighted by Gasteiger charge is -2.42. The summed E-state index contributed by atoms with van der Waals surface area (Å²) in [7, 11) is 1.66. The molecule has 0 aliphatic carbocycles. The van der Waals surface area contributed by atoms with Gasteiger partial charge in [0.1, 0.15) is 12.1 Å². The first-order chi connectivity index (χ1) is 16.1. The van der Waals surface area contributed by atoms with Crippen molar-refractivity contribution in [1.29, 1.82) is 0 Å². The van der Waals surface area contributed by atoms with Gasteiger partial charge in [-0.1, -0.05) is 13.8 Å². The molecular weight excluding hydrogens is 418 g/mol. The molecule has 172 valence electrons. The predicted molar refractivity (Wildman–Crippen MR) is 127 cm³/mol. The van der Waals surface area contributed by atoms with Crippen LogP contribution in [0.5, 0.6) is 5.75 Å². The molecule has 0 radical (unpaired) electrons. The molecule has 2 fully saturated rings. The summed E-state index contributed by atoms with van der Waals surface area (Å²) in [6.45, 7) is 10.3. The Kier molecular flexibility index (Phi) is 4.95. The van der Waals surface area contributed by atoms with E-state index in [2.05, 4.69) is 50.8 Å². The molecule has 0 saturated carbocycles. The summed E-state index contributed by atoms with van der Waals surface area (Å²) in [5.41, 5.74) is 6.04. The molecule has 1 N–H and O–H groups in total. The van der Waals surface area contributed by atoms with Crippen LogP contribution in [0.25, 0.3) is 27.9 Å². The number of fused-ring (bicyclic) bond motifs is 2. The van der Waals surface area contributed by atoms with Gasteiger partial charge in [0.05, 0.1) is 43.1 Å². The topological polar surface area (TPSA) is 83.8 Å². The van der Waals surface area contributed by atoms with Crippen LogP contribution < -0.4 is 9.64 Å². The summed E-state index contributed by atoms with van der Waals surface area (Å²) in [6, 6.07) is 6.91. The van der Waals surface area contributed by atoms with Crippen LogP contribution in [0.4, 0.5) is 5.82 Å². The largest absolute Gasteiger partial charge is 0.493 e. The molecule has 9 heteroatoms. The van der Waals surface area contributed by atoms with E-state index in [-0.39, 0.29) is 0 Å². The number of aromatic nitrogens is 5. The van der Waals surface area contributed by atoms with E-state index >= 15 is 0 Å². The zero-order chi connectivity index (χ0) is 22.5. The molecule has 0 amide bonds. The van der Waals surface area contributed by atoms with Gasteiger partial charge in [-0.25, -0.2) is 14.5 Å². The monoisotopic (exact) mass is 447 g/mol. The van der Waals surface area contributed by atoms with Crippen LogP contribution in [0, 0.1) is 0 Å². The van der Waals surface area contributed by atoms with Crippen molar-refractivity contribution >= 4 is 22.5 Å². The normalized spacial score (nSPS) is 17.9. The van der Waals surface area contributed by atoms with Gasteiger partial charge in [0.25, 0.3) is 0 Å². The van der Waals surface area contributed by atoms with Crippen molar-refractivity contribution in [2.45, 2.75) is 25.8 Å². The van der Waals surface area contributed by atoms with E-state index in [1.165, 1.54) is 5.56 Å². The third-order valence-electron chi connectivity index (χ3n) is 6.87. The number of methoxy groups -OCH3 is 1. The van der Waals surface area contributed by atoms with Crippen molar-refractivity contribution in [3.8, 4) is 17.0 Å². The molecule has 33 heavy (non-hydrogen) atoms. The lowest BCUT2D eigenvalue weighted by atomic mass is 9.99. The number of rotatable bonds is 5. The Morgan fingerprint density at radius 3 is 2.67 bits per heavy atom. The summed E-state index contributed by atoms with van der Waals surface area (Å²) >= 11 is 0. The Hall–Kier alpha value is -3.17. The van der Waals surface area contributed by atoms with Gasteiger partial charge in [-0.3, -0.25) is 4.90 Å². The van der Waals surface area contributed by atoms with Crippen molar-refractivity contribution in [2.75, 3.05) is 51.4 Å². The number of anilines is 1. The van der Waals surface area contributed by atoms with Crippen molar-refractivity contribution in [2.24, 2.45) is 0 Å². The molecule has 9 nitrogen and oxygen atoms in total. The summed E-state index contributed by atoms with van der Waals surface area (Å²) in [6.07, 6.45) is 3.54. The molecule has 2 aliphatic rings. The van der Waals surface area contributed by atoms with Gasteiger partial charge in [0.2, 0.25) is 0 Å². The maximum Gasteiger partial charge on any atom is 0.197 e. The van der Waals surface area contributed by atoms with E-state index < -0.39 is 0 Å². The van der Waals surface area contributed by atoms with Crippen LogP contribution in [-0.2, 0) is 4.74 Å². The second-order valence-corrected chi connectivity index (χ2v) is 9.17. The van der Waals surface area contributed by atoms with Gasteiger partial charge in [-0.05, 0) is 24.1 Å². The standard InChI is InChI=1S/C24H29N7O2/c1-15(2)21-22(16-10-19(32-3)24-25-14-26-31(24)11-16)27-18-4-5-20(28-23(18)21)30-8-6-29(7-9-30)17-12-33-13-17/h4-5,10-11,14-15,17,27H,6-9,12-13H2,1-3H3. The highest BCUT2D eigenvalue weighted by Gasteiger charge is 2.29. The van der Waals surface area contributed by atoms with E-state index in [0.29, 0.717) is 23.4 Å². The van der Waals surface area contributed by atoms with Gasteiger partial charge in [0, 0.05) is 43.5 Å². The molecule has 0 atom stereocenters. The van der Waals surface area contributed by atoms with Crippen molar-refractivity contribution in [3.05, 3.63) is 36.3 Å².